The minimum absolute atomic E-state index is 0.0175. The Hall–Kier alpha value is -0.870. The average Bonchev–Trinajstić information content (AvgIpc) is 3.08. The lowest BCUT2D eigenvalue weighted by Crippen LogP contribution is -2.54. The van der Waals surface area contributed by atoms with E-state index in [4.69, 9.17) is 4.74 Å². The number of ether oxygens (including phenoxy) is 1. The van der Waals surface area contributed by atoms with Crippen LogP contribution in [0.2, 0.25) is 0 Å². The number of nitrogens with zero attached hydrogens (tertiary/aromatic N) is 1. The van der Waals surface area contributed by atoms with Crippen molar-refractivity contribution < 1.29 is 14.6 Å². The molecule has 4 heteroatoms. The van der Waals surface area contributed by atoms with Crippen LogP contribution in [0.15, 0.2) is 12.2 Å². The van der Waals surface area contributed by atoms with Crippen LogP contribution in [-0.4, -0.2) is 47.3 Å². The van der Waals surface area contributed by atoms with Crippen molar-refractivity contribution in [3.05, 3.63) is 12.2 Å². The van der Waals surface area contributed by atoms with E-state index >= 15 is 0 Å². The Morgan fingerprint density at radius 1 is 1.27 bits per heavy atom. The average molecular weight is 307 g/mol. The molecule has 4 nitrogen and oxygen atoms in total. The van der Waals surface area contributed by atoms with Crippen molar-refractivity contribution in [1.29, 1.82) is 0 Å². The van der Waals surface area contributed by atoms with E-state index in [1.165, 1.54) is 0 Å². The molecule has 3 aliphatic heterocycles. The summed E-state index contributed by atoms with van der Waals surface area (Å²) in [5.74, 6) is 0.0867. The van der Waals surface area contributed by atoms with E-state index in [0.29, 0.717) is 5.92 Å². The molecule has 0 amide bonds. The lowest BCUT2D eigenvalue weighted by Gasteiger charge is -2.44. The molecule has 2 unspecified atom stereocenters. The second kappa shape index (κ2) is 6.71. The Morgan fingerprint density at radius 3 is 2.50 bits per heavy atom. The molecule has 3 saturated heterocycles. The fraction of sp³-hybridized carbons (Fsp3) is 0.833. The second-order valence-corrected chi connectivity index (χ2v) is 7.20. The molecule has 2 bridgehead atoms. The predicted molar refractivity (Wildman–Crippen MR) is 85.4 cm³/mol. The largest absolute Gasteiger partial charge is 0.458 e. The van der Waals surface area contributed by atoms with E-state index in [1.807, 2.05) is 13.0 Å². The van der Waals surface area contributed by atoms with Gasteiger partial charge in [0.2, 0.25) is 0 Å². The monoisotopic (exact) mass is 307 g/mol. The molecular weight excluding hydrogens is 278 g/mol. The van der Waals surface area contributed by atoms with Gasteiger partial charge in [-0.1, -0.05) is 25.8 Å². The number of piperidine rings is 3. The zero-order chi connectivity index (χ0) is 15.6. The summed E-state index contributed by atoms with van der Waals surface area (Å²) in [4.78, 5) is 15.1. The van der Waals surface area contributed by atoms with Crippen molar-refractivity contribution in [3.63, 3.8) is 0 Å². The van der Waals surface area contributed by atoms with Crippen LogP contribution in [0.5, 0.6) is 0 Å². The fourth-order valence-corrected chi connectivity index (χ4v) is 4.31. The first-order valence-electron chi connectivity index (χ1n) is 8.97. The van der Waals surface area contributed by atoms with Crippen LogP contribution < -0.4 is 0 Å². The molecule has 4 aliphatic rings. The molecule has 0 spiro atoms. The van der Waals surface area contributed by atoms with Gasteiger partial charge in [-0.15, -0.1) is 0 Å². The molecule has 0 aromatic rings. The standard InChI is InChI=1S/C18H29NO3/c1-2-3-10-18(21,15-6-4-5-7-15)17(20)22-16-13-19-11-8-14(16)9-12-19/h3,10,14-16,21H,2,4-9,11-13H2,1H3/b10-3+. The van der Waals surface area contributed by atoms with E-state index in [9.17, 15) is 9.90 Å². The van der Waals surface area contributed by atoms with Gasteiger partial charge in [0, 0.05) is 12.5 Å². The third-order valence-corrected chi connectivity index (χ3v) is 5.77. The molecule has 124 valence electrons. The summed E-state index contributed by atoms with van der Waals surface area (Å²) in [6.07, 6.45) is 10.7. The molecule has 1 N–H and O–H groups in total. The van der Waals surface area contributed by atoms with E-state index in [0.717, 1.165) is 64.6 Å². The maximum absolute atomic E-state index is 12.8. The molecule has 3 heterocycles. The number of carbonyl (C=O) groups is 1. The molecule has 1 saturated carbocycles. The lowest BCUT2D eigenvalue weighted by atomic mass is 9.83. The fourth-order valence-electron chi connectivity index (χ4n) is 4.31. The van der Waals surface area contributed by atoms with Gasteiger partial charge in [0.25, 0.3) is 0 Å². The highest BCUT2D eigenvalue weighted by Gasteiger charge is 2.46. The highest BCUT2D eigenvalue weighted by atomic mass is 16.6. The van der Waals surface area contributed by atoms with Crippen LogP contribution in [0, 0.1) is 11.8 Å². The number of rotatable bonds is 5. The Bertz CT molecular complexity index is 422. The van der Waals surface area contributed by atoms with Crippen molar-refractivity contribution in [3.8, 4) is 0 Å². The van der Waals surface area contributed by atoms with Crippen LogP contribution in [0.4, 0.5) is 0 Å². The highest BCUT2D eigenvalue weighted by Crippen LogP contribution is 2.37. The SMILES string of the molecule is CC/C=C/C(O)(C(=O)OC1CN2CCC1CC2)C1CCCC1. The quantitative estimate of drug-likeness (QED) is 0.626. The number of carbonyl (C=O) groups excluding carboxylic acids is 1. The van der Waals surface area contributed by atoms with Crippen LogP contribution >= 0.6 is 0 Å². The van der Waals surface area contributed by atoms with Gasteiger partial charge in [-0.25, -0.2) is 4.79 Å². The van der Waals surface area contributed by atoms with Gasteiger partial charge in [0.1, 0.15) is 6.10 Å². The molecule has 0 radical (unpaired) electrons. The third kappa shape index (κ3) is 3.09. The lowest BCUT2D eigenvalue weighted by molar-refractivity contribution is -0.180. The Kier molecular flexibility index (Phi) is 4.88. The minimum Gasteiger partial charge on any atom is -0.458 e. The van der Waals surface area contributed by atoms with Crippen molar-refractivity contribution in [2.45, 2.75) is 63.6 Å². The number of hydrogen-bond acceptors (Lipinski definition) is 4. The second-order valence-electron chi connectivity index (χ2n) is 7.20. The van der Waals surface area contributed by atoms with Gasteiger partial charge < -0.3 is 9.84 Å². The summed E-state index contributed by atoms with van der Waals surface area (Å²) in [6.45, 7) is 5.11. The summed E-state index contributed by atoms with van der Waals surface area (Å²) in [7, 11) is 0. The normalized spacial score (nSPS) is 34.9. The molecule has 4 fully saturated rings. The molecule has 2 atom stereocenters. The van der Waals surface area contributed by atoms with Gasteiger partial charge in [-0.3, -0.25) is 4.90 Å². The van der Waals surface area contributed by atoms with Crippen LogP contribution in [-0.2, 0) is 9.53 Å². The minimum atomic E-state index is -1.42. The summed E-state index contributed by atoms with van der Waals surface area (Å²) in [5, 5.41) is 11.0. The third-order valence-electron chi connectivity index (χ3n) is 5.77. The van der Waals surface area contributed by atoms with Crippen molar-refractivity contribution in [2.75, 3.05) is 19.6 Å². The van der Waals surface area contributed by atoms with E-state index in [-0.39, 0.29) is 12.0 Å². The number of allylic oxidation sites excluding steroid dienone is 1. The van der Waals surface area contributed by atoms with E-state index in [2.05, 4.69) is 4.90 Å². The topological polar surface area (TPSA) is 49.8 Å². The highest BCUT2D eigenvalue weighted by molar-refractivity contribution is 5.82. The summed E-state index contributed by atoms with van der Waals surface area (Å²) in [6, 6.07) is 0. The van der Waals surface area contributed by atoms with Gasteiger partial charge in [-0.2, -0.15) is 0 Å². The van der Waals surface area contributed by atoms with Crippen molar-refractivity contribution in [1.82, 2.24) is 4.90 Å². The summed E-state index contributed by atoms with van der Waals surface area (Å²) >= 11 is 0. The molecule has 0 aromatic heterocycles. The molecule has 4 rings (SSSR count). The maximum Gasteiger partial charge on any atom is 0.342 e. The number of aliphatic hydroxyl groups is 1. The van der Waals surface area contributed by atoms with Crippen LogP contribution in [0.1, 0.15) is 51.9 Å². The van der Waals surface area contributed by atoms with Crippen molar-refractivity contribution in [2.24, 2.45) is 11.8 Å². The molecule has 0 aromatic carbocycles. The van der Waals surface area contributed by atoms with E-state index in [1.54, 1.807) is 6.08 Å². The van der Waals surface area contributed by atoms with Gasteiger partial charge in [-0.05, 0) is 57.2 Å². The predicted octanol–water partition coefficient (Wildman–Crippen LogP) is 2.51. The smallest absolute Gasteiger partial charge is 0.342 e. The number of esters is 1. The molecule has 22 heavy (non-hydrogen) atoms. The Balaban J connectivity index is 1.70. The van der Waals surface area contributed by atoms with Gasteiger partial charge >= 0.3 is 5.97 Å². The summed E-state index contributed by atoms with van der Waals surface area (Å²) in [5.41, 5.74) is -1.42. The van der Waals surface area contributed by atoms with Crippen molar-refractivity contribution >= 4 is 5.97 Å². The molecular formula is C18H29NO3. The Morgan fingerprint density at radius 2 is 1.95 bits per heavy atom. The number of hydrogen-bond donors (Lipinski definition) is 1. The van der Waals surface area contributed by atoms with Gasteiger partial charge in [0.05, 0.1) is 0 Å². The zero-order valence-corrected chi connectivity index (χ0v) is 13.7. The van der Waals surface area contributed by atoms with Crippen LogP contribution in [0.25, 0.3) is 0 Å². The first-order chi connectivity index (χ1) is 10.6. The number of fused-ring (bicyclic) bond motifs is 3. The van der Waals surface area contributed by atoms with Gasteiger partial charge in [0.15, 0.2) is 5.60 Å². The first kappa shape index (κ1) is 16.0. The zero-order valence-electron chi connectivity index (χ0n) is 13.7. The Labute approximate surface area is 133 Å². The molecule has 1 aliphatic carbocycles. The maximum atomic E-state index is 12.8. The first-order valence-corrected chi connectivity index (χ1v) is 8.97. The summed E-state index contributed by atoms with van der Waals surface area (Å²) < 4.78 is 5.82. The van der Waals surface area contributed by atoms with Crippen LogP contribution in [0.3, 0.4) is 0 Å². The van der Waals surface area contributed by atoms with E-state index < -0.39 is 11.6 Å².